The van der Waals surface area contributed by atoms with Crippen molar-refractivity contribution in [2.75, 3.05) is 18.5 Å². The summed E-state index contributed by atoms with van der Waals surface area (Å²) in [7, 11) is 0. The number of nitrogens with one attached hydrogen (secondary N) is 2. The molecule has 2 N–H and O–H groups in total. The molecule has 116 valence electrons. The molecular weight excluding hydrogens is 318 g/mol. The first-order valence-corrected chi connectivity index (χ1v) is 7.85. The lowest BCUT2D eigenvalue weighted by molar-refractivity contribution is 0.336. The lowest BCUT2D eigenvalue weighted by atomic mass is 10.1. The third kappa shape index (κ3) is 4.86. The molecule has 22 heavy (non-hydrogen) atoms. The zero-order chi connectivity index (χ0) is 15.8. The van der Waals surface area contributed by atoms with Crippen molar-refractivity contribution < 1.29 is 4.74 Å². The van der Waals surface area contributed by atoms with Crippen LogP contribution in [0.4, 0.5) is 5.82 Å². The van der Waals surface area contributed by atoms with Gasteiger partial charge in [-0.1, -0.05) is 29.8 Å². The summed E-state index contributed by atoms with van der Waals surface area (Å²) in [6.45, 7) is 3.33. The molecular formula is C16H18ClN3OS. The fraction of sp³-hybridized carbons (Fsp3) is 0.250. The molecule has 6 heteroatoms. The van der Waals surface area contributed by atoms with Crippen LogP contribution in [-0.2, 0) is 6.42 Å². The third-order valence-electron chi connectivity index (χ3n) is 2.94. The van der Waals surface area contributed by atoms with Crippen molar-refractivity contribution in [3.05, 3.63) is 53.2 Å². The van der Waals surface area contributed by atoms with E-state index in [0.717, 1.165) is 17.7 Å². The van der Waals surface area contributed by atoms with Crippen molar-refractivity contribution >= 4 is 34.7 Å². The molecule has 4 nitrogen and oxygen atoms in total. The number of para-hydroxylation sites is 1. The molecule has 0 fully saturated rings. The largest absolute Gasteiger partial charge is 0.494 e. The minimum absolute atomic E-state index is 0.495. The van der Waals surface area contributed by atoms with Gasteiger partial charge in [0, 0.05) is 12.7 Å². The first kappa shape index (κ1) is 16.5. The maximum atomic E-state index is 6.02. The van der Waals surface area contributed by atoms with Gasteiger partial charge >= 0.3 is 0 Å². The number of aromatic nitrogens is 1. The number of hydrogen-bond acceptors (Lipinski definition) is 3. The van der Waals surface area contributed by atoms with Crippen LogP contribution in [0.2, 0.25) is 5.02 Å². The van der Waals surface area contributed by atoms with Crippen molar-refractivity contribution in [1.82, 2.24) is 10.3 Å². The Kier molecular flexibility index (Phi) is 6.43. The maximum absolute atomic E-state index is 6.02. The number of pyridine rings is 1. The van der Waals surface area contributed by atoms with Gasteiger partial charge in [-0.2, -0.15) is 0 Å². The fourth-order valence-corrected chi connectivity index (χ4v) is 2.31. The molecule has 0 atom stereocenters. The zero-order valence-electron chi connectivity index (χ0n) is 12.3. The molecule has 2 aromatic rings. The highest BCUT2D eigenvalue weighted by atomic mass is 35.5. The van der Waals surface area contributed by atoms with Crippen LogP contribution in [0.15, 0.2) is 42.6 Å². The van der Waals surface area contributed by atoms with Crippen LogP contribution in [0.3, 0.4) is 0 Å². The number of ether oxygens (including phenoxy) is 1. The van der Waals surface area contributed by atoms with Gasteiger partial charge in [0.1, 0.15) is 5.75 Å². The number of hydrogen-bond donors (Lipinski definition) is 2. The Bertz CT molecular complexity index is 636. The van der Waals surface area contributed by atoms with Gasteiger partial charge in [-0.25, -0.2) is 4.98 Å². The number of nitrogens with zero attached hydrogens (tertiary/aromatic N) is 1. The minimum atomic E-state index is 0.495. The van der Waals surface area contributed by atoms with E-state index in [1.54, 1.807) is 18.3 Å². The Morgan fingerprint density at radius 1 is 1.27 bits per heavy atom. The van der Waals surface area contributed by atoms with Crippen LogP contribution in [0, 0.1) is 0 Å². The average molecular weight is 336 g/mol. The van der Waals surface area contributed by atoms with Crippen LogP contribution in [0.25, 0.3) is 0 Å². The quantitative estimate of drug-likeness (QED) is 0.789. The highest BCUT2D eigenvalue weighted by molar-refractivity contribution is 7.80. The molecule has 1 heterocycles. The summed E-state index contributed by atoms with van der Waals surface area (Å²) < 4.78 is 5.60. The lowest BCUT2D eigenvalue weighted by Gasteiger charge is -2.12. The molecule has 0 spiro atoms. The molecule has 0 saturated heterocycles. The smallest absolute Gasteiger partial charge is 0.171 e. The molecule has 0 bridgehead atoms. The van der Waals surface area contributed by atoms with Crippen LogP contribution >= 0.6 is 23.8 Å². The molecule has 1 aromatic carbocycles. The normalized spacial score (nSPS) is 10.1. The first-order chi connectivity index (χ1) is 10.7. The second kappa shape index (κ2) is 8.56. The molecule has 1 aromatic heterocycles. The first-order valence-electron chi connectivity index (χ1n) is 7.06. The van der Waals surface area contributed by atoms with Crippen molar-refractivity contribution in [2.24, 2.45) is 0 Å². The van der Waals surface area contributed by atoms with Crippen molar-refractivity contribution in [2.45, 2.75) is 13.3 Å². The fourth-order valence-electron chi connectivity index (χ4n) is 1.95. The zero-order valence-corrected chi connectivity index (χ0v) is 13.9. The second-order valence-electron chi connectivity index (χ2n) is 4.51. The van der Waals surface area contributed by atoms with E-state index in [-0.39, 0.29) is 0 Å². The number of anilines is 1. The Hall–Kier alpha value is -1.85. The topological polar surface area (TPSA) is 46.2 Å². The summed E-state index contributed by atoms with van der Waals surface area (Å²) in [6, 6.07) is 11.5. The van der Waals surface area contributed by atoms with Gasteiger partial charge in [0.25, 0.3) is 0 Å². The van der Waals surface area contributed by atoms with Crippen molar-refractivity contribution in [3.8, 4) is 5.75 Å². The van der Waals surface area contributed by atoms with Gasteiger partial charge in [-0.3, -0.25) is 0 Å². The maximum Gasteiger partial charge on any atom is 0.171 e. The van der Waals surface area contributed by atoms with Gasteiger partial charge in [0.2, 0.25) is 0 Å². The molecule has 0 amide bonds. The van der Waals surface area contributed by atoms with Gasteiger partial charge in [0.05, 0.1) is 11.6 Å². The lowest BCUT2D eigenvalue weighted by Crippen LogP contribution is -2.30. The molecule has 0 unspecified atom stereocenters. The second-order valence-corrected chi connectivity index (χ2v) is 5.32. The number of benzene rings is 1. The van der Waals surface area contributed by atoms with Crippen molar-refractivity contribution in [3.63, 3.8) is 0 Å². The Morgan fingerprint density at radius 2 is 2.09 bits per heavy atom. The van der Waals surface area contributed by atoms with E-state index in [9.17, 15) is 0 Å². The molecule has 2 rings (SSSR count). The summed E-state index contributed by atoms with van der Waals surface area (Å²) in [5.74, 6) is 1.47. The summed E-state index contributed by atoms with van der Waals surface area (Å²) in [5, 5.41) is 7.15. The SMILES string of the molecule is CCOc1ccccc1CCNC(=S)Nc1ncccc1Cl. The van der Waals surface area contributed by atoms with E-state index >= 15 is 0 Å². The molecule has 0 saturated carbocycles. The summed E-state index contributed by atoms with van der Waals surface area (Å²) in [6.07, 6.45) is 2.48. The van der Waals surface area contributed by atoms with E-state index in [2.05, 4.69) is 21.7 Å². The van der Waals surface area contributed by atoms with Gasteiger partial charge in [-0.15, -0.1) is 0 Å². The van der Waals surface area contributed by atoms with E-state index in [1.165, 1.54) is 0 Å². The summed E-state index contributed by atoms with van der Waals surface area (Å²) in [5.41, 5.74) is 1.15. The standard InChI is InChI=1S/C16H18ClN3OS/c1-2-21-14-8-4-3-6-12(14)9-11-19-16(22)20-15-13(17)7-5-10-18-15/h3-8,10H,2,9,11H2,1H3,(H2,18,19,20,22). The Balaban J connectivity index is 1.84. The van der Waals surface area contributed by atoms with Gasteiger partial charge in [-0.05, 0) is 49.3 Å². The number of thiocarbonyl (C=S) groups is 1. The van der Waals surface area contributed by atoms with Crippen LogP contribution < -0.4 is 15.4 Å². The Labute approximate surface area is 140 Å². The molecule has 0 aliphatic carbocycles. The van der Waals surface area contributed by atoms with Crippen LogP contribution in [0.1, 0.15) is 12.5 Å². The molecule has 0 radical (unpaired) electrons. The predicted molar refractivity (Wildman–Crippen MR) is 94.8 cm³/mol. The molecule has 0 aliphatic heterocycles. The average Bonchev–Trinajstić information content (AvgIpc) is 2.51. The highest BCUT2D eigenvalue weighted by Crippen LogP contribution is 2.18. The van der Waals surface area contributed by atoms with E-state index in [0.29, 0.717) is 29.1 Å². The van der Waals surface area contributed by atoms with E-state index < -0.39 is 0 Å². The van der Waals surface area contributed by atoms with E-state index in [4.69, 9.17) is 28.6 Å². The van der Waals surface area contributed by atoms with Crippen LogP contribution in [-0.4, -0.2) is 23.2 Å². The van der Waals surface area contributed by atoms with Crippen molar-refractivity contribution in [1.29, 1.82) is 0 Å². The minimum Gasteiger partial charge on any atom is -0.494 e. The molecule has 0 aliphatic rings. The summed E-state index contributed by atoms with van der Waals surface area (Å²) >= 11 is 11.3. The van der Waals surface area contributed by atoms with Gasteiger partial charge in [0.15, 0.2) is 10.9 Å². The summed E-state index contributed by atoms with van der Waals surface area (Å²) in [4.78, 5) is 4.13. The number of rotatable bonds is 6. The predicted octanol–water partition coefficient (Wildman–Crippen LogP) is 3.66. The van der Waals surface area contributed by atoms with Gasteiger partial charge < -0.3 is 15.4 Å². The van der Waals surface area contributed by atoms with E-state index in [1.807, 2.05) is 25.1 Å². The third-order valence-corrected chi connectivity index (χ3v) is 3.49. The Morgan fingerprint density at radius 3 is 2.86 bits per heavy atom. The van der Waals surface area contributed by atoms with Crippen LogP contribution in [0.5, 0.6) is 5.75 Å². The number of halogens is 1. The monoisotopic (exact) mass is 335 g/mol. The highest BCUT2D eigenvalue weighted by Gasteiger charge is 2.05.